The molecule has 0 saturated heterocycles. The monoisotopic (exact) mass is 213 g/mol. The Balaban J connectivity index is 0.000001000. The third-order valence-corrected chi connectivity index (χ3v) is 1.46. The molecule has 0 bridgehead atoms. The Bertz CT molecular complexity index is 240. The fourth-order valence-electron chi connectivity index (χ4n) is 0.518. The molecule has 0 saturated carbocycles. The molecule has 0 fully saturated rings. The van der Waals surface area contributed by atoms with Gasteiger partial charge in [0.1, 0.15) is 5.15 Å². The Morgan fingerprint density at radius 2 is 2.09 bits per heavy atom. The van der Waals surface area contributed by atoms with E-state index in [4.69, 9.17) is 28.9 Å². The largest absolute Gasteiger partial charge is 0.325 e. The van der Waals surface area contributed by atoms with E-state index in [1.54, 1.807) is 0 Å². The molecular formula is C5H6Cl3N3. The van der Waals surface area contributed by atoms with E-state index in [1.807, 2.05) is 0 Å². The molecule has 1 aromatic heterocycles. The third kappa shape index (κ3) is 2.79. The molecule has 0 spiro atoms. The number of halogens is 3. The first kappa shape index (κ1) is 10.9. The van der Waals surface area contributed by atoms with Crippen LogP contribution in [0, 0.1) is 0 Å². The Labute approximate surface area is 80.3 Å². The van der Waals surface area contributed by atoms with E-state index in [-0.39, 0.29) is 19.0 Å². The van der Waals surface area contributed by atoms with Gasteiger partial charge in [0.25, 0.3) is 0 Å². The quantitative estimate of drug-likeness (QED) is 0.774. The van der Waals surface area contributed by atoms with Gasteiger partial charge in [-0.25, -0.2) is 9.97 Å². The van der Waals surface area contributed by atoms with Gasteiger partial charge in [0.05, 0.1) is 11.9 Å². The van der Waals surface area contributed by atoms with Crippen LogP contribution in [0.15, 0.2) is 6.20 Å². The van der Waals surface area contributed by atoms with E-state index in [2.05, 4.69) is 9.97 Å². The summed E-state index contributed by atoms with van der Waals surface area (Å²) in [7, 11) is 0. The minimum absolute atomic E-state index is 0. The predicted molar refractivity (Wildman–Crippen MR) is 47.2 cm³/mol. The SMILES string of the molecule is Cl.NCc1nc(Cl)cnc1Cl. The van der Waals surface area contributed by atoms with E-state index >= 15 is 0 Å². The van der Waals surface area contributed by atoms with E-state index in [9.17, 15) is 0 Å². The van der Waals surface area contributed by atoms with Crippen LogP contribution in [0.3, 0.4) is 0 Å². The van der Waals surface area contributed by atoms with Gasteiger partial charge in [-0.15, -0.1) is 12.4 Å². The highest BCUT2D eigenvalue weighted by Crippen LogP contribution is 2.11. The highest BCUT2D eigenvalue weighted by atomic mass is 35.5. The highest BCUT2D eigenvalue weighted by Gasteiger charge is 2.00. The van der Waals surface area contributed by atoms with E-state index < -0.39 is 0 Å². The van der Waals surface area contributed by atoms with Gasteiger partial charge in [-0.05, 0) is 0 Å². The van der Waals surface area contributed by atoms with Crippen molar-refractivity contribution in [3.05, 3.63) is 22.2 Å². The molecule has 2 N–H and O–H groups in total. The van der Waals surface area contributed by atoms with Crippen molar-refractivity contribution in [1.29, 1.82) is 0 Å². The minimum Gasteiger partial charge on any atom is -0.325 e. The molecule has 0 amide bonds. The summed E-state index contributed by atoms with van der Waals surface area (Å²) in [5, 5.41) is 0.622. The summed E-state index contributed by atoms with van der Waals surface area (Å²) in [6, 6.07) is 0. The van der Waals surface area contributed by atoms with Crippen LogP contribution in [0.5, 0.6) is 0 Å². The smallest absolute Gasteiger partial charge is 0.151 e. The zero-order chi connectivity index (χ0) is 7.56. The second-order valence-electron chi connectivity index (χ2n) is 1.63. The van der Waals surface area contributed by atoms with Gasteiger partial charge in [-0.1, -0.05) is 23.2 Å². The maximum Gasteiger partial charge on any atom is 0.151 e. The molecule has 6 heteroatoms. The van der Waals surface area contributed by atoms with Crippen molar-refractivity contribution >= 4 is 35.6 Å². The van der Waals surface area contributed by atoms with E-state index in [0.29, 0.717) is 16.0 Å². The van der Waals surface area contributed by atoms with Crippen LogP contribution in [0.2, 0.25) is 10.3 Å². The lowest BCUT2D eigenvalue weighted by Crippen LogP contribution is -2.01. The Morgan fingerprint density at radius 1 is 1.45 bits per heavy atom. The summed E-state index contributed by atoms with van der Waals surface area (Å²) in [5.41, 5.74) is 5.80. The fourth-order valence-corrected chi connectivity index (χ4v) is 0.837. The Morgan fingerprint density at radius 3 is 2.55 bits per heavy atom. The Hall–Kier alpha value is -0.0900. The number of nitrogens with two attached hydrogens (primary N) is 1. The molecule has 0 aliphatic carbocycles. The normalized spacial score (nSPS) is 9.00. The van der Waals surface area contributed by atoms with Crippen molar-refractivity contribution in [2.45, 2.75) is 6.54 Å². The topological polar surface area (TPSA) is 51.8 Å². The second-order valence-corrected chi connectivity index (χ2v) is 2.38. The second kappa shape index (κ2) is 4.72. The van der Waals surface area contributed by atoms with Crippen LogP contribution in [-0.4, -0.2) is 9.97 Å². The lowest BCUT2D eigenvalue weighted by Gasteiger charge is -1.96. The molecule has 0 unspecified atom stereocenters. The molecule has 0 aromatic carbocycles. The van der Waals surface area contributed by atoms with Crippen molar-refractivity contribution in [3.63, 3.8) is 0 Å². The molecule has 0 radical (unpaired) electrons. The van der Waals surface area contributed by atoms with Gasteiger partial charge in [0.2, 0.25) is 0 Å². The standard InChI is InChI=1S/C5H5Cl2N3.ClH/c6-4-2-9-5(7)3(1-8)10-4;/h2H,1,8H2;1H. The van der Waals surface area contributed by atoms with Crippen molar-refractivity contribution in [1.82, 2.24) is 9.97 Å². The molecule has 1 heterocycles. The van der Waals surface area contributed by atoms with Gasteiger partial charge < -0.3 is 5.73 Å². The highest BCUT2D eigenvalue weighted by molar-refractivity contribution is 6.31. The van der Waals surface area contributed by atoms with Gasteiger partial charge >= 0.3 is 0 Å². The molecule has 1 rings (SSSR count). The van der Waals surface area contributed by atoms with Crippen molar-refractivity contribution in [3.8, 4) is 0 Å². The van der Waals surface area contributed by atoms with Gasteiger partial charge in [-0.2, -0.15) is 0 Å². The average molecular weight is 214 g/mol. The van der Waals surface area contributed by atoms with Crippen LogP contribution in [-0.2, 0) is 6.54 Å². The lowest BCUT2D eigenvalue weighted by atomic mass is 10.5. The van der Waals surface area contributed by atoms with E-state index in [1.165, 1.54) is 6.20 Å². The van der Waals surface area contributed by atoms with Crippen LogP contribution in [0.25, 0.3) is 0 Å². The zero-order valence-corrected chi connectivity index (χ0v) is 7.75. The number of hydrogen-bond acceptors (Lipinski definition) is 3. The molecule has 3 nitrogen and oxygen atoms in total. The van der Waals surface area contributed by atoms with Crippen LogP contribution < -0.4 is 5.73 Å². The average Bonchev–Trinajstić information content (AvgIpc) is 1.94. The van der Waals surface area contributed by atoms with Crippen molar-refractivity contribution < 1.29 is 0 Å². The molecule has 0 atom stereocenters. The fraction of sp³-hybridized carbons (Fsp3) is 0.200. The summed E-state index contributed by atoms with van der Waals surface area (Å²) < 4.78 is 0. The van der Waals surface area contributed by atoms with Gasteiger partial charge in [0.15, 0.2) is 5.15 Å². The molecular weight excluding hydrogens is 208 g/mol. The summed E-state index contributed by atoms with van der Waals surface area (Å²) >= 11 is 11.1. The minimum atomic E-state index is 0. The number of rotatable bonds is 1. The van der Waals surface area contributed by atoms with Gasteiger partial charge in [-0.3, -0.25) is 0 Å². The summed E-state index contributed by atoms with van der Waals surface area (Å²) in [6.45, 7) is 0.256. The predicted octanol–water partition coefficient (Wildman–Crippen LogP) is 1.66. The number of nitrogens with zero attached hydrogens (tertiary/aromatic N) is 2. The molecule has 62 valence electrons. The third-order valence-electron chi connectivity index (χ3n) is 0.958. The molecule has 1 aromatic rings. The first-order valence-electron chi connectivity index (χ1n) is 2.61. The Kier molecular flexibility index (Phi) is 4.68. The summed E-state index contributed by atoms with van der Waals surface area (Å²) in [6.07, 6.45) is 1.38. The zero-order valence-electron chi connectivity index (χ0n) is 5.42. The van der Waals surface area contributed by atoms with E-state index in [0.717, 1.165) is 0 Å². The van der Waals surface area contributed by atoms with Gasteiger partial charge in [0, 0.05) is 6.54 Å². The first-order chi connectivity index (χ1) is 4.74. The lowest BCUT2D eigenvalue weighted by molar-refractivity contribution is 0.964. The molecule has 0 aliphatic heterocycles. The molecule has 0 aliphatic rings. The van der Waals surface area contributed by atoms with Crippen LogP contribution in [0.4, 0.5) is 0 Å². The maximum absolute atomic E-state index is 5.58. The maximum atomic E-state index is 5.58. The number of hydrogen-bond donors (Lipinski definition) is 1. The summed E-state index contributed by atoms with van der Waals surface area (Å²) in [5.74, 6) is 0. The van der Waals surface area contributed by atoms with Crippen molar-refractivity contribution in [2.24, 2.45) is 5.73 Å². The first-order valence-corrected chi connectivity index (χ1v) is 3.36. The van der Waals surface area contributed by atoms with Crippen molar-refractivity contribution in [2.75, 3.05) is 0 Å². The molecule has 11 heavy (non-hydrogen) atoms. The summed E-state index contributed by atoms with van der Waals surface area (Å²) in [4.78, 5) is 7.58. The number of aromatic nitrogens is 2. The van der Waals surface area contributed by atoms with Crippen LogP contribution >= 0.6 is 35.6 Å². The van der Waals surface area contributed by atoms with Crippen LogP contribution in [0.1, 0.15) is 5.69 Å².